The third-order valence-corrected chi connectivity index (χ3v) is 6.09. The van der Waals surface area contributed by atoms with Crippen LogP contribution in [0, 0.1) is 0 Å². The van der Waals surface area contributed by atoms with Crippen LogP contribution in [0.3, 0.4) is 0 Å². The summed E-state index contributed by atoms with van der Waals surface area (Å²) in [6, 6.07) is 10.6. The Bertz CT molecular complexity index is 1080. The minimum Gasteiger partial charge on any atom is -0.478 e. The molecule has 3 aliphatic heterocycles. The quantitative estimate of drug-likeness (QED) is 0.792. The maximum atomic E-state index is 13.1. The van der Waals surface area contributed by atoms with Gasteiger partial charge in [0.1, 0.15) is 0 Å². The van der Waals surface area contributed by atoms with E-state index in [1.54, 1.807) is 12.1 Å². The second-order valence-corrected chi connectivity index (χ2v) is 8.09. The molecule has 0 spiro atoms. The van der Waals surface area contributed by atoms with Crippen LogP contribution in [0.15, 0.2) is 47.1 Å². The highest BCUT2D eigenvalue weighted by Gasteiger charge is 2.29. The highest BCUT2D eigenvalue weighted by molar-refractivity contribution is 6.32. The number of carboxylic acids is 1. The maximum absolute atomic E-state index is 13.1. The van der Waals surface area contributed by atoms with Gasteiger partial charge in [-0.1, -0.05) is 0 Å². The molecule has 1 amide bonds. The highest BCUT2D eigenvalue weighted by atomic mass is 16.4. The number of aryl methyl sites for hydroxylation is 2. The molecule has 2 aromatic rings. The summed E-state index contributed by atoms with van der Waals surface area (Å²) in [5.41, 5.74) is 7.20. The highest BCUT2D eigenvalue weighted by Crippen LogP contribution is 2.37. The number of amides is 1. The Balaban J connectivity index is 1.47. The number of hydrogen-bond acceptors (Lipinski definition) is 4. The first-order chi connectivity index (χ1) is 14.5. The van der Waals surface area contributed by atoms with E-state index in [2.05, 4.69) is 22.1 Å². The van der Waals surface area contributed by atoms with Gasteiger partial charge < -0.3 is 10.0 Å². The van der Waals surface area contributed by atoms with Crippen molar-refractivity contribution < 1.29 is 14.7 Å². The van der Waals surface area contributed by atoms with Gasteiger partial charge in [0, 0.05) is 18.8 Å². The van der Waals surface area contributed by atoms with Crippen LogP contribution in [0.4, 0.5) is 11.4 Å². The number of carbonyl (C=O) groups is 2. The van der Waals surface area contributed by atoms with Gasteiger partial charge in [-0.25, -0.2) is 4.79 Å². The first-order valence-corrected chi connectivity index (χ1v) is 10.4. The minimum absolute atomic E-state index is 0.180. The van der Waals surface area contributed by atoms with Gasteiger partial charge in [-0.05, 0) is 91.8 Å². The number of carbonyl (C=O) groups excluding carboxylic acids is 1. The van der Waals surface area contributed by atoms with Crippen LogP contribution in [0.2, 0.25) is 0 Å². The fourth-order valence-electron chi connectivity index (χ4n) is 4.68. The second kappa shape index (κ2) is 7.13. The van der Waals surface area contributed by atoms with E-state index in [9.17, 15) is 9.59 Å². The first kappa shape index (κ1) is 18.6. The molecule has 0 saturated carbocycles. The van der Waals surface area contributed by atoms with Crippen molar-refractivity contribution in [1.82, 2.24) is 0 Å². The van der Waals surface area contributed by atoms with Crippen molar-refractivity contribution in [2.24, 2.45) is 5.10 Å². The molecule has 0 aliphatic carbocycles. The molecule has 0 atom stereocenters. The molecule has 0 unspecified atom stereocenters. The molecule has 0 aromatic heterocycles. The molecule has 1 N–H and O–H groups in total. The molecule has 30 heavy (non-hydrogen) atoms. The zero-order valence-electron chi connectivity index (χ0n) is 16.9. The molecule has 0 radical (unpaired) electrons. The Hall–Kier alpha value is -3.41. The van der Waals surface area contributed by atoms with E-state index in [-0.39, 0.29) is 11.5 Å². The monoisotopic (exact) mass is 401 g/mol. The van der Waals surface area contributed by atoms with Gasteiger partial charge in [0.2, 0.25) is 0 Å². The molecular weight excluding hydrogens is 378 g/mol. The molecule has 6 nitrogen and oxygen atoms in total. The normalized spacial score (nSPS) is 19.2. The van der Waals surface area contributed by atoms with E-state index in [1.165, 1.54) is 46.8 Å². The Labute approximate surface area is 175 Å². The summed E-state index contributed by atoms with van der Waals surface area (Å²) in [6.07, 6.45) is 6.45. The Morgan fingerprint density at radius 1 is 1.07 bits per heavy atom. The molecule has 2 aromatic carbocycles. The smallest absolute Gasteiger partial charge is 0.335 e. The summed E-state index contributed by atoms with van der Waals surface area (Å²) in [5.74, 6) is -1.19. The van der Waals surface area contributed by atoms with Crippen molar-refractivity contribution in [2.45, 2.75) is 32.6 Å². The molecular formula is C24H23N3O3. The van der Waals surface area contributed by atoms with E-state index in [4.69, 9.17) is 5.11 Å². The lowest BCUT2D eigenvalue weighted by Crippen LogP contribution is -2.34. The summed E-state index contributed by atoms with van der Waals surface area (Å²) in [4.78, 5) is 26.6. The van der Waals surface area contributed by atoms with Gasteiger partial charge in [-0.2, -0.15) is 10.1 Å². The molecule has 6 heteroatoms. The molecule has 0 fully saturated rings. The maximum Gasteiger partial charge on any atom is 0.335 e. The summed E-state index contributed by atoms with van der Waals surface area (Å²) in [7, 11) is 0. The fourth-order valence-corrected chi connectivity index (χ4v) is 4.68. The standard InChI is InChI=1S/C24H23N3O3/c1-15-21(23(28)27(25-15)20-8-6-17(7-9-20)24(29)30)14-16-12-18-4-2-10-26-11-3-5-19(13-16)22(18)26/h6-9,12-14H,2-5,10-11H2,1H3,(H,29,30). The predicted octanol–water partition coefficient (Wildman–Crippen LogP) is 3.89. The summed E-state index contributed by atoms with van der Waals surface area (Å²) in [5, 5.41) is 14.8. The van der Waals surface area contributed by atoms with Gasteiger partial charge in [0.15, 0.2) is 0 Å². The van der Waals surface area contributed by atoms with Crippen molar-refractivity contribution in [3.63, 3.8) is 0 Å². The van der Waals surface area contributed by atoms with Gasteiger partial charge in [-0.15, -0.1) is 0 Å². The number of anilines is 2. The average Bonchev–Trinajstić information content (AvgIpc) is 3.02. The van der Waals surface area contributed by atoms with Crippen LogP contribution in [-0.4, -0.2) is 35.8 Å². The second-order valence-electron chi connectivity index (χ2n) is 8.09. The Kier molecular flexibility index (Phi) is 4.42. The van der Waals surface area contributed by atoms with Crippen LogP contribution < -0.4 is 9.91 Å². The molecule has 3 aliphatic rings. The number of carboxylic acid groups (broad SMARTS) is 1. The fraction of sp³-hybridized carbons (Fsp3) is 0.292. The van der Waals surface area contributed by atoms with Crippen molar-refractivity contribution in [3.8, 4) is 0 Å². The lowest BCUT2D eigenvalue weighted by molar-refractivity contribution is -0.114. The summed E-state index contributed by atoms with van der Waals surface area (Å²) >= 11 is 0. The third-order valence-electron chi connectivity index (χ3n) is 6.09. The van der Waals surface area contributed by atoms with Gasteiger partial charge in [0.05, 0.1) is 22.5 Å². The molecule has 152 valence electrons. The van der Waals surface area contributed by atoms with Gasteiger partial charge in [-0.3, -0.25) is 4.79 Å². The zero-order chi connectivity index (χ0) is 20.8. The van der Waals surface area contributed by atoms with E-state index < -0.39 is 5.97 Å². The molecule has 3 heterocycles. The van der Waals surface area contributed by atoms with Crippen LogP contribution in [0.5, 0.6) is 0 Å². The molecule has 5 rings (SSSR count). The van der Waals surface area contributed by atoms with Crippen molar-refractivity contribution >= 4 is 35.0 Å². The Morgan fingerprint density at radius 3 is 2.30 bits per heavy atom. The van der Waals surface area contributed by atoms with Crippen LogP contribution >= 0.6 is 0 Å². The Morgan fingerprint density at radius 2 is 1.70 bits per heavy atom. The van der Waals surface area contributed by atoms with E-state index in [1.807, 2.05) is 13.0 Å². The number of benzene rings is 2. The van der Waals surface area contributed by atoms with E-state index in [0.29, 0.717) is 17.0 Å². The van der Waals surface area contributed by atoms with Gasteiger partial charge >= 0.3 is 5.97 Å². The van der Waals surface area contributed by atoms with E-state index >= 15 is 0 Å². The first-order valence-electron chi connectivity index (χ1n) is 10.4. The lowest BCUT2D eigenvalue weighted by atomic mass is 9.89. The van der Waals surface area contributed by atoms with Crippen molar-refractivity contribution in [1.29, 1.82) is 0 Å². The lowest BCUT2D eigenvalue weighted by Gasteiger charge is -2.37. The predicted molar refractivity (Wildman–Crippen MR) is 117 cm³/mol. The SMILES string of the molecule is CC1=NN(c2ccc(C(=O)O)cc2)C(=O)C1=Cc1cc2c3c(c1)CCCN3CCC2. The summed E-state index contributed by atoms with van der Waals surface area (Å²) in [6.45, 7) is 4.11. The van der Waals surface area contributed by atoms with Gasteiger partial charge in [0.25, 0.3) is 5.91 Å². The van der Waals surface area contributed by atoms with Crippen LogP contribution in [0.25, 0.3) is 6.08 Å². The number of rotatable bonds is 3. The number of nitrogens with zero attached hydrogens (tertiary/aromatic N) is 3. The van der Waals surface area contributed by atoms with E-state index in [0.717, 1.165) is 31.5 Å². The van der Waals surface area contributed by atoms with Crippen LogP contribution in [-0.2, 0) is 17.6 Å². The number of hydrogen-bond donors (Lipinski definition) is 1. The van der Waals surface area contributed by atoms with Crippen molar-refractivity contribution in [2.75, 3.05) is 23.0 Å². The largest absolute Gasteiger partial charge is 0.478 e. The molecule has 0 saturated heterocycles. The molecule has 0 bridgehead atoms. The number of aromatic carboxylic acids is 1. The minimum atomic E-state index is -0.996. The van der Waals surface area contributed by atoms with Crippen LogP contribution in [0.1, 0.15) is 46.8 Å². The summed E-state index contributed by atoms with van der Waals surface area (Å²) < 4.78 is 0. The topological polar surface area (TPSA) is 73.2 Å². The zero-order valence-corrected chi connectivity index (χ0v) is 16.9. The number of hydrazone groups is 1. The van der Waals surface area contributed by atoms with Crippen molar-refractivity contribution in [3.05, 3.63) is 64.2 Å². The third kappa shape index (κ3) is 3.09. The average molecular weight is 401 g/mol.